The van der Waals surface area contributed by atoms with Crippen molar-refractivity contribution in [2.45, 2.75) is 46.1 Å². The number of aliphatic hydroxyl groups excluding tert-OH is 1. The standard InChI is InChI=1S/C16H23BrO/c1-10-6-11(2)8-13(7-10)16(18)15-9-14(17)5-4-12(15)3/h4-5,9-11,13,16,18H,6-8H2,1-3H3. The zero-order valence-corrected chi connectivity index (χ0v) is 13.1. The summed E-state index contributed by atoms with van der Waals surface area (Å²) >= 11 is 3.50. The van der Waals surface area contributed by atoms with Gasteiger partial charge in [0.25, 0.3) is 0 Å². The number of rotatable bonds is 2. The highest BCUT2D eigenvalue weighted by atomic mass is 79.9. The van der Waals surface area contributed by atoms with Gasteiger partial charge in [-0.25, -0.2) is 0 Å². The highest BCUT2D eigenvalue weighted by Crippen LogP contribution is 2.40. The van der Waals surface area contributed by atoms with E-state index in [9.17, 15) is 5.11 Å². The molecule has 1 aromatic carbocycles. The first-order valence-corrected chi connectivity index (χ1v) is 7.70. The van der Waals surface area contributed by atoms with Gasteiger partial charge < -0.3 is 5.11 Å². The Morgan fingerprint density at radius 2 is 1.78 bits per heavy atom. The predicted molar refractivity (Wildman–Crippen MR) is 79.5 cm³/mol. The van der Waals surface area contributed by atoms with Crippen LogP contribution >= 0.6 is 15.9 Å². The number of aliphatic hydroxyl groups is 1. The summed E-state index contributed by atoms with van der Waals surface area (Å²) in [4.78, 5) is 0. The number of halogens is 1. The maximum absolute atomic E-state index is 10.7. The first-order chi connectivity index (χ1) is 8.47. The second-order valence-corrected chi connectivity index (χ2v) is 7.04. The monoisotopic (exact) mass is 310 g/mol. The Balaban J connectivity index is 2.19. The summed E-state index contributed by atoms with van der Waals surface area (Å²) in [6.45, 7) is 6.70. The van der Waals surface area contributed by atoms with E-state index >= 15 is 0 Å². The van der Waals surface area contributed by atoms with Gasteiger partial charge >= 0.3 is 0 Å². The molecule has 0 spiro atoms. The third-order valence-corrected chi connectivity index (χ3v) is 4.71. The topological polar surface area (TPSA) is 20.2 Å². The lowest BCUT2D eigenvalue weighted by atomic mass is 9.73. The molecule has 1 fully saturated rings. The lowest BCUT2D eigenvalue weighted by Gasteiger charge is -2.35. The molecule has 0 aliphatic heterocycles. The fraction of sp³-hybridized carbons (Fsp3) is 0.625. The van der Waals surface area contributed by atoms with Gasteiger partial charge in [-0.1, -0.05) is 35.8 Å². The Morgan fingerprint density at radius 3 is 2.39 bits per heavy atom. The SMILES string of the molecule is Cc1ccc(Br)cc1C(O)C1CC(C)CC(C)C1. The zero-order chi connectivity index (χ0) is 13.3. The molecule has 0 aromatic heterocycles. The number of hydrogen-bond donors (Lipinski definition) is 1. The summed E-state index contributed by atoms with van der Waals surface area (Å²) in [6.07, 6.45) is 3.29. The average molecular weight is 311 g/mol. The summed E-state index contributed by atoms with van der Waals surface area (Å²) < 4.78 is 1.05. The van der Waals surface area contributed by atoms with Crippen LogP contribution in [0.25, 0.3) is 0 Å². The van der Waals surface area contributed by atoms with Crippen molar-refractivity contribution in [2.24, 2.45) is 17.8 Å². The predicted octanol–water partition coefficient (Wildman–Crippen LogP) is 4.86. The van der Waals surface area contributed by atoms with Crippen molar-refractivity contribution in [3.05, 3.63) is 33.8 Å². The van der Waals surface area contributed by atoms with E-state index in [0.29, 0.717) is 5.92 Å². The van der Waals surface area contributed by atoms with E-state index in [2.05, 4.69) is 48.8 Å². The van der Waals surface area contributed by atoms with Gasteiger partial charge in [0.05, 0.1) is 6.10 Å². The van der Waals surface area contributed by atoms with Crippen LogP contribution in [0.1, 0.15) is 50.3 Å². The maximum Gasteiger partial charge on any atom is 0.0821 e. The Morgan fingerprint density at radius 1 is 1.17 bits per heavy atom. The van der Waals surface area contributed by atoms with Crippen LogP contribution in [-0.2, 0) is 0 Å². The van der Waals surface area contributed by atoms with Gasteiger partial charge in [0.15, 0.2) is 0 Å². The number of hydrogen-bond acceptors (Lipinski definition) is 1. The maximum atomic E-state index is 10.7. The van der Waals surface area contributed by atoms with Crippen LogP contribution in [0, 0.1) is 24.7 Å². The molecule has 1 N–H and O–H groups in total. The van der Waals surface area contributed by atoms with Crippen LogP contribution in [0.4, 0.5) is 0 Å². The van der Waals surface area contributed by atoms with E-state index in [1.807, 2.05) is 6.07 Å². The fourth-order valence-electron chi connectivity index (χ4n) is 3.45. The van der Waals surface area contributed by atoms with Gasteiger partial charge in [-0.15, -0.1) is 0 Å². The van der Waals surface area contributed by atoms with E-state index in [-0.39, 0.29) is 6.10 Å². The summed E-state index contributed by atoms with van der Waals surface area (Å²) in [5.74, 6) is 1.89. The molecule has 3 atom stereocenters. The lowest BCUT2D eigenvalue weighted by molar-refractivity contribution is 0.0547. The lowest BCUT2D eigenvalue weighted by Crippen LogP contribution is -2.25. The number of benzene rings is 1. The molecule has 1 saturated carbocycles. The van der Waals surface area contributed by atoms with Gasteiger partial charge in [-0.2, -0.15) is 0 Å². The smallest absolute Gasteiger partial charge is 0.0821 e. The molecule has 0 bridgehead atoms. The van der Waals surface area contributed by atoms with Crippen molar-refractivity contribution >= 4 is 15.9 Å². The van der Waals surface area contributed by atoms with Crippen LogP contribution in [0.2, 0.25) is 0 Å². The molecule has 1 nitrogen and oxygen atoms in total. The van der Waals surface area contributed by atoms with Crippen molar-refractivity contribution in [2.75, 3.05) is 0 Å². The van der Waals surface area contributed by atoms with Crippen molar-refractivity contribution < 1.29 is 5.11 Å². The summed E-state index contributed by atoms with van der Waals surface area (Å²) in [7, 11) is 0. The van der Waals surface area contributed by atoms with E-state index in [0.717, 1.165) is 34.7 Å². The van der Waals surface area contributed by atoms with Crippen molar-refractivity contribution in [1.82, 2.24) is 0 Å². The molecular formula is C16H23BrO. The molecule has 100 valence electrons. The highest BCUT2D eigenvalue weighted by Gasteiger charge is 2.30. The van der Waals surface area contributed by atoms with Gasteiger partial charge in [0.1, 0.15) is 0 Å². The van der Waals surface area contributed by atoms with E-state index in [4.69, 9.17) is 0 Å². The molecule has 2 rings (SSSR count). The zero-order valence-electron chi connectivity index (χ0n) is 11.5. The van der Waals surface area contributed by atoms with Gasteiger partial charge in [-0.05, 0) is 67.2 Å². The van der Waals surface area contributed by atoms with Crippen molar-refractivity contribution in [3.8, 4) is 0 Å². The molecule has 1 aliphatic carbocycles. The second-order valence-electron chi connectivity index (χ2n) is 6.12. The van der Waals surface area contributed by atoms with Crippen molar-refractivity contribution in [1.29, 1.82) is 0 Å². The Hall–Kier alpha value is -0.340. The van der Waals surface area contributed by atoms with Crippen LogP contribution in [0.3, 0.4) is 0 Å². The van der Waals surface area contributed by atoms with Crippen LogP contribution < -0.4 is 0 Å². The van der Waals surface area contributed by atoms with Crippen LogP contribution in [-0.4, -0.2) is 5.11 Å². The normalized spacial score (nSPS) is 30.2. The van der Waals surface area contributed by atoms with Gasteiger partial charge in [0.2, 0.25) is 0 Å². The molecule has 18 heavy (non-hydrogen) atoms. The van der Waals surface area contributed by atoms with E-state index in [1.165, 1.54) is 12.0 Å². The number of aryl methyl sites for hydroxylation is 1. The molecule has 3 unspecified atom stereocenters. The molecular weight excluding hydrogens is 288 g/mol. The quantitative estimate of drug-likeness (QED) is 0.826. The first kappa shape index (κ1) is 14.1. The second kappa shape index (κ2) is 5.75. The van der Waals surface area contributed by atoms with E-state index < -0.39 is 0 Å². The largest absolute Gasteiger partial charge is 0.388 e. The summed E-state index contributed by atoms with van der Waals surface area (Å²) in [5, 5.41) is 10.7. The average Bonchev–Trinajstić information content (AvgIpc) is 2.30. The van der Waals surface area contributed by atoms with Crippen LogP contribution in [0.15, 0.2) is 22.7 Å². The Kier molecular flexibility index (Phi) is 4.50. The molecule has 0 radical (unpaired) electrons. The third-order valence-electron chi connectivity index (χ3n) is 4.22. The molecule has 0 heterocycles. The minimum Gasteiger partial charge on any atom is -0.388 e. The third kappa shape index (κ3) is 3.16. The highest BCUT2D eigenvalue weighted by molar-refractivity contribution is 9.10. The molecule has 1 aliphatic rings. The Labute approximate surface area is 119 Å². The van der Waals surface area contributed by atoms with Crippen molar-refractivity contribution in [3.63, 3.8) is 0 Å². The van der Waals surface area contributed by atoms with Crippen LogP contribution in [0.5, 0.6) is 0 Å². The van der Waals surface area contributed by atoms with Gasteiger partial charge in [0, 0.05) is 4.47 Å². The fourth-order valence-corrected chi connectivity index (χ4v) is 3.83. The molecule has 1 aromatic rings. The minimum absolute atomic E-state index is 0.312. The Bertz CT molecular complexity index is 406. The summed E-state index contributed by atoms with van der Waals surface area (Å²) in [5.41, 5.74) is 2.28. The summed E-state index contributed by atoms with van der Waals surface area (Å²) in [6, 6.07) is 6.19. The van der Waals surface area contributed by atoms with Gasteiger partial charge in [-0.3, -0.25) is 0 Å². The molecule has 2 heteroatoms. The molecule has 0 saturated heterocycles. The first-order valence-electron chi connectivity index (χ1n) is 6.91. The molecule has 0 amide bonds. The minimum atomic E-state index is -0.312. The van der Waals surface area contributed by atoms with E-state index in [1.54, 1.807) is 0 Å².